The molecular weight excluding hydrogens is 338 g/mol. The third-order valence-corrected chi connectivity index (χ3v) is 3.86. The lowest BCUT2D eigenvalue weighted by Crippen LogP contribution is -1.98. The molecule has 0 atom stereocenters. The van der Waals surface area contributed by atoms with E-state index >= 15 is 0 Å². The summed E-state index contributed by atoms with van der Waals surface area (Å²) in [7, 11) is 3.30. The summed E-state index contributed by atoms with van der Waals surface area (Å²) >= 11 is 0. The van der Waals surface area contributed by atoms with E-state index in [0.29, 0.717) is 17.5 Å². The van der Waals surface area contributed by atoms with Gasteiger partial charge in [-0.3, -0.25) is 0 Å². The number of benzene rings is 2. The van der Waals surface area contributed by atoms with Gasteiger partial charge in [-0.1, -0.05) is 36.4 Å². The molecule has 3 rings (SSSR count). The molecule has 0 radical (unpaired) electrons. The zero-order chi connectivity index (χ0) is 19.1. The first kappa shape index (κ1) is 18.3. The van der Waals surface area contributed by atoms with Crippen LogP contribution in [0.3, 0.4) is 0 Å². The van der Waals surface area contributed by atoms with Crippen LogP contribution in [-0.2, 0) is 0 Å². The van der Waals surface area contributed by atoms with E-state index in [1.54, 1.807) is 14.2 Å². The van der Waals surface area contributed by atoms with E-state index in [0.717, 1.165) is 22.6 Å². The maximum absolute atomic E-state index is 5.17. The van der Waals surface area contributed by atoms with Crippen molar-refractivity contribution in [3.8, 4) is 11.5 Å². The van der Waals surface area contributed by atoms with E-state index in [4.69, 9.17) is 9.47 Å². The van der Waals surface area contributed by atoms with Crippen LogP contribution in [0.1, 0.15) is 28.6 Å². The first-order chi connectivity index (χ1) is 13.2. The van der Waals surface area contributed by atoms with Gasteiger partial charge >= 0.3 is 0 Å². The summed E-state index contributed by atoms with van der Waals surface area (Å²) in [5, 5.41) is 0. The van der Waals surface area contributed by atoms with Crippen LogP contribution in [0.4, 0.5) is 0 Å². The lowest BCUT2D eigenvalue weighted by Gasteiger charge is -2.01. The van der Waals surface area contributed by atoms with Crippen LogP contribution in [0, 0.1) is 6.92 Å². The van der Waals surface area contributed by atoms with Crippen LogP contribution < -0.4 is 9.47 Å². The molecular formula is C22H21N3O2. The third-order valence-electron chi connectivity index (χ3n) is 3.86. The minimum Gasteiger partial charge on any atom is -0.497 e. The summed E-state index contributed by atoms with van der Waals surface area (Å²) in [5.74, 6) is 3.57. The minimum atomic E-state index is 0.618. The van der Waals surface area contributed by atoms with Crippen molar-refractivity contribution in [1.82, 2.24) is 15.0 Å². The molecule has 27 heavy (non-hydrogen) atoms. The zero-order valence-electron chi connectivity index (χ0n) is 15.6. The molecule has 0 unspecified atom stereocenters. The highest BCUT2D eigenvalue weighted by Gasteiger charge is 1.99. The number of aryl methyl sites for hydroxylation is 1. The first-order valence-electron chi connectivity index (χ1n) is 8.53. The summed E-state index contributed by atoms with van der Waals surface area (Å²) in [4.78, 5) is 13.2. The molecule has 3 aromatic rings. The third kappa shape index (κ3) is 5.25. The standard InChI is InChI=1S/C22H21N3O2/c1-16-23-21(14-8-17-4-10-19(26-2)11-5-17)25-22(24-16)15-9-18-6-12-20(27-3)13-7-18/h4-15H,1-3H3/b14-8-,15-9-. The molecule has 0 fully saturated rings. The lowest BCUT2D eigenvalue weighted by atomic mass is 10.2. The molecule has 0 bridgehead atoms. The number of hydrogen-bond donors (Lipinski definition) is 0. The Hall–Kier alpha value is -3.47. The predicted octanol–water partition coefficient (Wildman–Crippen LogP) is 4.54. The van der Waals surface area contributed by atoms with Crippen LogP contribution in [0.2, 0.25) is 0 Å². The van der Waals surface area contributed by atoms with Gasteiger partial charge in [0.2, 0.25) is 0 Å². The quantitative estimate of drug-likeness (QED) is 0.647. The Morgan fingerprint density at radius 2 is 1.00 bits per heavy atom. The van der Waals surface area contributed by atoms with Crippen molar-refractivity contribution in [3.05, 3.63) is 77.1 Å². The van der Waals surface area contributed by atoms with Crippen LogP contribution in [0.5, 0.6) is 11.5 Å². The summed E-state index contributed by atoms with van der Waals surface area (Å²) < 4.78 is 10.3. The second-order valence-corrected chi connectivity index (χ2v) is 5.81. The van der Waals surface area contributed by atoms with E-state index in [9.17, 15) is 0 Å². The summed E-state index contributed by atoms with van der Waals surface area (Å²) in [5.41, 5.74) is 2.09. The Balaban J connectivity index is 1.76. The van der Waals surface area contributed by atoms with Gasteiger partial charge in [-0.15, -0.1) is 0 Å². The molecule has 0 saturated heterocycles. The average molecular weight is 359 g/mol. The fourth-order valence-corrected chi connectivity index (χ4v) is 2.44. The molecule has 5 heteroatoms. The van der Waals surface area contributed by atoms with Gasteiger partial charge in [0.1, 0.15) is 17.3 Å². The minimum absolute atomic E-state index is 0.618. The van der Waals surface area contributed by atoms with Crippen molar-refractivity contribution in [2.45, 2.75) is 6.92 Å². The molecule has 0 saturated carbocycles. The molecule has 136 valence electrons. The summed E-state index contributed by atoms with van der Waals surface area (Å²) in [6.07, 6.45) is 7.68. The van der Waals surface area contributed by atoms with Crippen LogP contribution in [-0.4, -0.2) is 29.2 Å². The maximum Gasteiger partial charge on any atom is 0.156 e. The number of aromatic nitrogens is 3. The van der Waals surface area contributed by atoms with Crippen LogP contribution in [0.25, 0.3) is 24.3 Å². The number of nitrogens with zero attached hydrogens (tertiary/aromatic N) is 3. The molecule has 5 nitrogen and oxygen atoms in total. The molecule has 0 aliphatic heterocycles. The Bertz CT molecular complexity index is 871. The largest absolute Gasteiger partial charge is 0.497 e. The van der Waals surface area contributed by atoms with Gasteiger partial charge in [-0.2, -0.15) is 0 Å². The van der Waals surface area contributed by atoms with Crippen molar-refractivity contribution in [1.29, 1.82) is 0 Å². The second-order valence-electron chi connectivity index (χ2n) is 5.81. The lowest BCUT2D eigenvalue weighted by molar-refractivity contribution is 0.414. The molecule has 0 aliphatic rings. The van der Waals surface area contributed by atoms with E-state index < -0.39 is 0 Å². The number of methoxy groups -OCH3 is 2. The van der Waals surface area contributed by atoms with Crippen LogP contribution >= 0.6 is 0 Å². The molecule has 1 heterocycles. The Labute approximate surface area is 159 Å². The fourth-order valence-electron chi connectivity index (χ4n) is 2.44. The van der Waals surface area contributed by atoms with Gasteiger partial charge in [-0.25, -0.2) is 15.0 Å². The Kier molecular flexibility index (Phi) is 5.94. The van der Waals surface area contributed by atoms with E-state index in [1.807, 2.05) is 79.8 Å². The van der Waals surface area contributed by atoms with E-state index in [1.165, 1.54) is 0 Å². The van der Waals surface area contributed by atoms with Gasteiger partial charge in [-0.05, 0) is 54.5 Å². The monoisotopic (exact) mass is 359 g/mol. The predicted molar refractivity (Wildman–Crippen MR) is 108 cm³/mol. The highest BCUT2D eigenvalue weighted by Crippen LogP contribution is 2.15. The van der Waals surface area contributed by atoms with Crippen molar-refractivity contribution in [3.63, 3.8) is 0 Å². The maximum atomic E-state index is 5.17. The summed E-state index contributed by atoms with van der Waals surface area (Å²) in [6, 6.07) is 15.6. The van der Waals surface area contributed by atoms with Crippen molar-refractivity contribution < 1.29 is 9.47 Å². The number of ether oxygens (including phenoxy) is 2. The zero-order valence-corrected chi connectivity index (χ0v) is 15.6. The van der Waals surface area contributed by atoms with Crippen molar-refractivity contribution >= 4 is 24.3 Å². The topological polar surface area (TPSA) is 57.1 Å². The van der Waals surface area contributed by atoms with Gasteiger partial charge in [0.25, 0.3) is 0 Å². The molecule has 1 aromatic heterocycles. The molecule has 0 amide bonds. The molecule has 2 aromatic carbocycles. The van der Waals surface area contributed by atoms with Gasteiger partial charge < -0.3 is 9.47 Å². The second kappa shape index (κ2) is 8.76. The van der Waals surface area contributed by atoms with Crippen LogP contribution in [0.15, 0.2) is 48.5 Å². The Morgan fingerprint density at radius 1 is 0.593 bits per heavy atom. The highest BCUT2D eigenvalue weighted by molar-refractivity contribution is 5.69. The number of hydrogen-bond acceptors (Lipinski definition) is 5. The normalized spacial score (nSPS) is 11.2. The Morgan fingerprint density at radius 3 is 1.37 bits per heavy atom. The van der Waals surface area contributed by atoms with Gasteiger partial charge in [0, 0.05) is 0 Å². The van der Waals surface area contributed by atoms with Crippen molar-refractivity contribution in [2.75, 3.05) is 14.2 Å². The summed E-state index contributed by atoms with van der Waals surface area (Å²) in [6.45, 7) is 1.86. The number of rotatable bonds is 6. The van der Waals surface area contributed by atoms with Gasteiger partial charge in [0.05, 0.1) is 14.2 Å². The average Bonchev–Trinajstić information content (AvgIpc) is 2.71. The fraction of sp³-hybridized carbons (Fsp3) is 0.136. The SMILES string of the molecule is COc1ccc(/C=C\c2nc(C)nc(/C=C\c3ccc(OC)cc3)n2)cc1. The molecule has 0 N–H and O–H groups in total. The molecule has 0 spiro atoms. The first-order valence-corrected chi connectivity index (χ1v) is 8.53. The highest BCUT2D eigenvalue weighted by atomic mass is 16.5. The smallest absolute Gasteiger partial charge is 0.156 e. The van der Waals surface area contributed by atoms with E-state index in [2.05, 4.69) is 15.0 Å². The van der Waals surface area contributed by atoms with Gasteiger partial charge in [0.15, 0.2) is 11.6 Å². The van der Waals surface area contributed by atoms with Crippen molar-refractivity contribution in [2.24, 2.45) is 0 Å². The van der Waals surface area contributed by atoms with E-state index in [-0.39, 0.29) is 0 Å². The molecule has 0 aliphatic carbocycles.